The number of methoxy groups -OCH3 is 1. The molecule has 1 atom stereocenters. The fraction of sp³-hybridized carbons (Fsp3) is 0.317. The third kappa shape index (κ3) is 9.90. The van der Waals surface area contributed by atoms with Crippen molar-refractivity contribution < 1.29 is 14.3 Å². The molecule has 2 amide bonds. The lowest BCUT2D eigenvalue weighted by molar-refractivity contribution is -0.145. The van der Waals surface area contributed by atoms with Crippen LogP contribution < -0.4 is 4.74 Å². The summed E-state index contributed by atoms with van der Waals surface area (Å²) >= 11 is 0. The zero-order valence-electron chi connectivity index (χ0n) is 27.8. The molecule has 0 radical (unpaired) electrons. The SMILES string of the molecule is CCCCc1ccc(CN(C(=O)C=Cc2ccc(OC)cc2)[C@@H](Cc2ccccc2)C(=O)N2CCN(Cc3ccccc3)CC2)cc1. The predicted molar refractivity (Wildman–Crippen MR) is 190 cm³/mol. The summed E-state index contributed by atoms with van der Waals surface area (Å²) in [5.74, 6) is 0.571. The van der Waals surface area contributed by atoms with Crippen LogP contribution in [-0.4, -0.2) is 65.8 Å². The van der Waals surface area contributed by atoms with Gasteiger partial charge in [0.15, 0.2) is 0 Å². The minimum atomic E-state index is -0.647. The number of hydrogen-bond acceptors (Lipinski definition) is 4. The molecule has 0 N–H and O–H groups in total. The van der Waals surface area contributed by atoms with Gasteiger partial charge >= 0.3 is 0 Å². The van der Waals surface area contributed by atoms with Gasteiger partial charge in [-0.1, -0.05) is 110 Å². The van der Waals surface area contributed by atoms with Crippen LogP contribution in [-0.2, 0) is 35.5 Å². The zero-order chi connectivity index (χ0) is 32.8. The lowest BCUT2D eigenvalue weighted by Crippen LogP contribution is -2.56. The average molecular weight is 630 g/mol. The number of benzene rings is 4. The summed E-state index contributed by atoms with van der Waals surface area (Å²) in [7, 11) is 1.63. The van der Waals surface area contributed by atoms with Crippen molar-refractivity contribution in [3.05, 3.63) is 143 Å². The van der Waals surface area contributed by atoms with Gasteiger partial charge in [-0.15, -0.1) is 0 Å². The maximum Gasteiger partial charge on any atom is 0.247 e. The van der Waals surface area contributed by atoms with Crippen LogP contribution in [0.15, 0.2) is 115 Å². The molecular weight excluding hydrogens is 582 g/mol. The Kier molecular flexibility index (Phi) is 12.4. The number of hydrogen-bond donors (Lipinski definition) is 0. The highest BCUT2D eigenvalue weighted by Gasteiger charge is 2.34. The van der Waals surface area contributed by atoms with E-state index in [1.54, 1.807) is 18.1 Å². The van der Waals surface area contributed by atoms with E-state index in [4.69, 9.17) is 4.74 Å². The number of piperazine rings is 1. The molecule has 244 valence electrons. The standard InChI is InChI=1S/C41H47N3O3/c1-3-4-11-33-16-18-37(19-17-33)32-44(40(45)25-22-34-20-23-38(47-2)24-21-34)39(30-35-12-7-5-8-13-35)41(46)43-28-26-42(27-29-43)31-36-14-9-6-10-15-36/h5-10,12-25,39H,3-4,11,26-32H2,1-2H3/t39-/m0/s1. The lowest BCUT2D eigenvalue weighted by atomic mass is 10.0. The fourth-order valence-electron chi connectivity index (χ4n) is 6.06. The number of amides is 2. The van der Waals surface area contributed by atoms with Gasteiger partial charge in [-0.2, -0.15) is 0 Å². The summed E-state index contributed by atoms with van der Waals surface area (Å²) in [4.78, 5) is 34.8. The van der Waals surface area contributed by atoms with E-state index in [0.717, 1.165) is 61.3 Å². The molecule has 0 aliphatic carbocycles. The smallest absolute Gasteiger partial charge is 0.247 e. The van der Waals surface area contributed by atoms with Crippen LogP contribution in [0.5, 0.6) is 5.75 Å². The van der Waals surface area contributed by atoms with E-state index in [1.165, 1.54) is 11.1 Å². The van der Waals surface area contributed by atoms with Crippen LogP contribution in [0.25, 0.3) is 6.08 Å². The Morgan fingerprint density at radius 2 is 1.38 bits per heavy atom. The van der Waals surface area contributed by atoms with Gasteiger partial charge in [0.1, 0.15) is 11.8 Å². The Balaban J connectivity index is 1.40. The van der Waals surface area contributed by atoms with Gasteiger partial charge in [-0.05, 0) is 58.9 Å². The van der Waals surface area contributed by atoms with Crippen molar-refractivity contribution in [1.29, 1.82) is 0 Å². The highest BCUT2D eigenvalue weighted by Crippen LogP contribution is 2.20. The highest BCUT2D eigenvalue weighted by molar-refractivity contribution is 5.95. The molecule has 1 aliphatic heterocycles. The molecule has 0 spiro atoms. The molecule has 5 rings (SSSR count). The number of nitrogens with zero attached hydrogens (tertiary/aromatic N) is 3. The van der Waals surface area contributed by atoms with E-state index in [9.17, 15) is 9.59 Å². The van der Waals surface area contributed by atoms with E-state index >= 15 is 0 Å². The summed E-state index contributed by atoms with van der Waals surface area (Å²) in [5, 5.41) is 0. The van der Waals surface area contributed by atoms with Gasteiger partial charge < -0.3 is 14.5 Å². The summed E-state index contributed by atoms with van der Waals surface area (Å²) in [6.07, 6.45) is 7.19. The molecule has 1 heterocycles. The van der Waals surface area contributed by atoms with Crippen molar-refractivity contribution in [1.82, 2.24) is 14.7 Å². The van der Waals surface area contributed by atoms with E-state index in [0.29, 0.717) is 26.1 Å². The first kappa shape index (κ1) is 33.7. The maximum atomic E-state index is 14.5. The third-order valence-electron chi connectivity index (χ3n) is 8.88. The summed E-state index contributed by atoms with van der Waals surface area (Å²) < 4.78 is 5.29. The summed E-state index contributed by atoms with van der Waals surface area (Å²) in [5.41, 5.74) is 5.49. The molecule has 0 saturated carbocycles. The van der Waals surface area contributed by atoms with Crippen molar-refractivity contribution in [2.75, 3.05) is 33.3 Å². The van der Waals surface area contributed by atoms with Crippen LogP contribution in [0.4, 0.5) is 0 Å². The molecule has 0 aromatic heterocycles. The lowest BCUT2D eigenvalue weighted by Gasteiger charge is -2.39. The first-order chi connectivity index (χ1) is 23.0. The second kappa shape index (κ2) is 17.3. The second-order valence-corrected chi connectivity index (χ2v) is 12.3. The number of carbonyl (C=O) groups excluding carboxylic acids is 2. The maximum absolute atomic E-state index is 14.5. The van der Waals surface area contributed by atoms with Crippen LogP contribution >= 0.6 is 0 Å². The molecule has 0 bridgehead atoms. The number of carbonyl (C=O) groups is 2. The van der Waals surface area contributed by atoms with Crippen molar-refractivity contribution in [2.45, 2.75) is 51.7 Å². The van der Waals surface area contributed by atoms with Crippen molar-refractivity contribution >= 4 is 17.9 Å². The van der Waals surface area contributed by atoms with Crippen molar-refractivity contribution in [3.63, 3.8) is 0 Å². The second-order valence-electron chi connectivity index (χ2n) is 12.3. The summed E-state index contributed by atoms with van der Waals surface area (Å²) in [6, 6.07) is 36.0. The van der Waals surface area contributed by atoms with Crippen LogP contribution in [0.3, 0.4) is 0 Å². The minimum Gasteiger partial charge on any atom is -0.497 e. The molecule has 6 nitrogen and oxygen atoms in total. The number of unbranched alkanes of at least 4 members (excludes halogenated alkanes) is 1. The Labute approximate surface area is 280 Å². The van der Waals surface area contributed by atoms with Gasteiger partial charge in [-0.3, -0.25) is 14.5 Å². The molecule has 0 unspecified atom stereocenters. The van der Waals surface area contributed by atoms with E-state index in [-0.39, 0.29) is 11.8 Å². The zero-order valence-corrected chi connectivity index (χ0v) is 27.8. The molecule has 1 fully saturated rings. The number of aryl methyl sites for hydroxylation is 1. The van der Waals surface area contributed by atoms with Crippen LogP contribution in [0.1, 0.15) is 47.6 Å². The van der Waals surface area contributed by atoms with Crippen molar-refractivity contribution in [3.8, 4) is 5.75 Å². The number of rotatable bonds is 14. The van der Waals surface area contributed by atoms with E-state index in [2.05, 4.69) is 60.4 Å². The Morgan fingerprint density at radius 1 is 0.766 bits per heavy atom. The van der Waals surface area contributed by atoms with Crippen LogP contribution in [0, 0.1) is 0 Å². The van der Waals surface area contributed by atoms with Gasteiger partial charge in [0.05, 0.1) is 7.11 Å². The number of ether oxygens (including phenoxy) is 1. The molecule has 1 aliphatic rings. The van der Waals surface area contributed by atoms with E-state index in [1.807, 2.05) is 71.6 Å². The summed E-state index contributed by atoms with van der Waals surface area (Å²) in [6.45, 7) is 6.26. The van der Waals surface area contributed by atoms with Crippen molar-refractivity contribution in [2.24, 2.45) is 0 Å². The quantitative estimate of drug-likeness (QED) is 0.141. The highest BCUT2D eigenvalue weighted by atomic mass is 16.5. The first-order valence-electron chi connectivity index (χ1n) is 16.8. The predicted octanol–water partition coefficient (Wildman–Crippen LogP) is 7.04. The van der Waals surface area contributed by atoms with Gasteiger partial charge in [-0.25, -0.2) is 0 Å². The molecule has 1 saturated heterocycles. The topological polar surface area (TPSA) is 53.1 Å². The first-order valence-corrected chi connectivity index (χ1v) is 16.8. The fourth-order valence-corrected chi connectivity index (χ4v) is 6.06. The third-order valence-corrected chi connectivity index (χ3v) is 8.88. The van der Waals surface area contributed by atoms with Crippen LogP contribution in [0.2, 0.25) is 0 Å². The minimum absolute atomic E-state index is 0.000947. The molecule has 4 aromatic carbocycles. The molecule has 4 aromatic rings. The molecule has 47 heavy (non-hydrogen) atoms. The average Bonchev–Trinajstić information content (AvgIpc) is 3.13. The Bertz CT molecular complexity index is 1560. The van der Waals surface area contributed by atoms with Gasteiger partial charge in [0.25, 0.3) is 0 Å². The molecule has 6 heteroatoms. The Morgan fingerprint density at radius 3 is 2.00 bits per heavy atom. The Hall–Kier alpha value is -4.68. The van der Waals surface area contributed by atoms with E-state index < -0.39 is 6.04 Å². The molecular formula is C41H47N3O3. The van der Waals surface area contributed by atoms with Gasteiger partial charge in [0, 0.05) is 51.8 Å². The monoisotopic (exact) mass is 629 g/mol. The normalized spacial score (nSPS) is 14.2. The van der Waals surface area contributed by atoms with Gasteiger partial charge in [0.2, 0.25) is 11.8 Å². The largest absolute Gasteiger partial charge is 0.497 e.